The average Bonchev–Trinajstić information content (AvgIpc) is 2.38. The molecule has 1 heterocycles. The summed E-state index contributed by atoms with van der Waals surface area (Å²) in [5.41, 5.74) is 1.12. The van der Waals surface area contributed by atoms with Crippen LogP contribution in [0.5, 0.6) is 0 Å². The van der Waals surface area contributed by atoms with Crippen molar-refractivity contribution in [1.82, 2.24) is 10.0 Å². The van der Waals surface area contributed by atoms with Crippen LogP contribution in [-0.4, -0.2) is 28.1 Å². The van der Waals surface area contributed by atoms with E-state index in [0.717, 1.165) is 25.1 Å². The summed E-state index contributed by atoms with van der Waals surface area (Å²) in [7, 11) is -3.45. The van der Waals surface area contributed by atoms with Gasteiger partial charge in [-0.2, -0.15) is 0 Å². The number of hydrogen-bond donors (Lipinski definition) is 2. The van der Waals surface area contributed by atoms with Crippen molar-refractivity contribution in [2.45, 2.75) is 11.3 Å². The van der Waals surface area contributed by atoms with Crippen molar-refractivity contribution in [3.63, 3.8) is 0 Å². The second-order valence-electron chi connectivity index (χ2n) is 4.09. The van der Waals surface area contributed by atoms with Crippen LogP contribution in [0.2, 0.25) is 5.02 Å². The first-order valence-electron chi connectivity index (χ1n) is 5.72. The van der Waals surface area contributed by atoms with Gasteiger partial charge in [-0.15, -0.1) is 0 Å². The minimum absolute atomic E-state index is 0.237. The summed E-state index contributed by atoms with van der Waals surface area (Å²) in [5, 5.41) is 3.70. The normalized spacial score (nSPS) is 16.4. The van der Waals surface area contributed by atoms with Crippen molar-refractivity contribution in [3.8, 4) is 0 Å². The molecule has 0 unspecified atom stereocenters. The van der Waals surface area contributed by atoms with Crippen LogP contribution in [0.1, 0.15) is 6.42 Å². The maximum atomic E-state index is 12.0. The number of halogens is 1. The summed E-state index contributed by atoms with van der Waals surface area (Å²) in [5.74, 6) is 0. The van der Waals surface area contributed by atoms with E-state index in [0.29, 0.717) is 11.6 Å². The lowest BCUT2D eigenvalue weighted by molar-refractivity contribution is 0.582. The number of nitrogens with one attached hydrogen (secondary N) is 2. The highest BCUT2D eigenvalue weighted by Gasteiger charge is 2.14. The Morgan fingerprint density at radius 2 is 2.00 bits per heavy atom. The van der Waals surface area contributed by atoms with Crippen molar-refractivity contribution in [1.29, 1.82) is 0 Å². The predicted octanol–water partition coefficient (Wildman–Crippen LogP) is 1.54. The molecule has 0 amide bonds. The Morgan fingerprint density at radius 1 is 1.28 bits per heavy atom. The van der Waals surface area contributed by atoms with E-state index in [1.165, 1.54) is 12.1 Å². The van der Waals surface area contributed by atoms with Crippen LogP contribution >= 0.6 is 11.6 Å². The van der Waals surface area contributed by atoms with Gasteiger partial charge in [0.2, 0.25) is 10.0 Å². The molecule has 0 radical (unpaired) electrons. The third-order valence-corrected chi connectivity index (χ3v) is 4.44. The average molecular weight is 287 g/mol. The fraction of sp³-hybridized carbons (Fsp3) is 0.333. The first kappa shape index (κ1) is 13.5. The Balaban J connectivity index is 2.03. The lowest BCUT2D eigenvalue weighted by atomic mass is 10.1. The fourth-order valence-corrected chi connectivity index (χ4v) is 2.88. The monoisotopic (exact) mass is 286 g/mol. The van der Waals surface area contributed by atoms with Crippen LogP contribution in [0.3, 0.4) is 0 Å². The number of rotatable bonds is 4. The maximum Gasteiger partial charge on any atom is 0.240 e. The number of sulfonamides is 1. The van der Waals surface area contributed by atoms with Gasteiger partial charge in [-0.1, -0.05) is 23.3 Å². The Bertz CT molecular complexity index is 538. The lowest BCUT2D eigenvalue weighted by Crippen LogP contribution is -2.29. The van der Waals surface area contributed by atoms with Crippen LogP contribution in [0.15, 0.2) is 40.8 Å². The molecule has 4 nitrogen and oxygen atoms in total. The molecule has 0 aromatic heterocycles. The van der Waals surface area contributed by atoms with Crippen molar-refractivity contribution in [3.05, 3.63) is 40.9 Å². The smallest absolute Gasteiger partial charge is 0.240 e. The van der Waals surface area contributed by atoms with Crippen molar-refractivity contribution >= 4 is 21.6 Å². The van der Waals surface area contributed by atoms with Crippen LogP contribution in [0.4, 0.5) is 0 Å². The van der Waals surface area contributed by atoms with Crippen LogP contribution in [0.25, 0.3) is 0 Å². The minimum atomic E-state index is -3.45. The van der Waals surface area contributed by atoms with E-state index in [2.05, 4.69) is 10.0 Å². The first-order chi connectivity index (χ1) is 8.58. The van der Waals surface area contributed by atoms with E-state index in [1.807, 2.05) is 6.08 Å². The van der Waals surface area contributed by atoms with Gasteiger partial charge in [0.15, 0.2) is 0 Å². The van der Waals surface area contributed by atoms with E-state index >= 15 is 0 Å². The molecule has 6 heteroatoms. The third kappa shape index (κ3) is 3.55. The van der Waals surface area contributed by atoms with Gasteiger partial charge in [0.1, 0.15) is 0 Å². The zero-order chi connectivity index (χ0) is 13.0. The molecule has 0 bridgehead atoms. The highest BCUT2D eigenvalue weighted by atomic mass is 35.5. The zero-order valence-corrected chi connectivity index (χ0v) is 11.4. The molecule has 18 heavy (non-hydrogen) atoms. The van der Waals surface area contributed by atoms with Gasteiger partial charge in [0.25, 0.3) is 0 Å². The van der Waals surface area contributed by atoms with E-state index in [4.69, 9.17) is 11.6 Å². The van der Waals surface area contributed by atoms with Gasteiger partial charge in [0.05, 0.1) is 4.90 Å². The van der Waals surface area contributed by atoms with Gasteiger partial charge in [-0.05, 0) is 37.2 Å². The van der Waals surface area contributed by atoms with Crippen molar-refractivity contribution in [2.24, 2.45) is 0 Å². The molecule has 2 rings (SSSR count). The Kier molecular flexibility index (Phi) is 4.40. The second-order valence-corrected chi connectivity index (χ2v) is 6.30. The van der Waals surface area contributed by atoms with Crippen LogP contribution in [-0.2, 0) is 10.0 Å². The molecule has 0 spiro atoms. The second kappa shape index (κ2) is 5.84. The SMILES string of the molecule is O=S(=O)(NCC1=CCNCC1)c1ccc(Cl)cc1. The molecule has 0 aliphatic carbocycles. The molecule has 0 saturated carbocycles. The topological polar surface area (TPSA) is 58.2 Å². The Hall–Kier alpha value is -0.880. The summed E-state index contributed by atoms with van der Waals surface area (Å²) >= 11 is 5.73. The summed E-state index contributed by atoms with van der Waals surface area (Å²) in [6, 6.07) is 6.14. The summed E-state index contributed by atoms with van der Waals surface area (Å²) in [6.07, 6.45) is 2.90. The van der Waals surface area contributed by atoms with E-state index in [9.17, 15) is 8.42 Å². The highest BCUT2D eigenvalue weighted by molar-refractivity contribution is 7.89. The van der Waals surface area contributed by atoms with Crippen molar-refractivity contribution < 1.29 is 8.42 Å². The van der Waals surface area contributed by atoms with Gasteiger partial charge >= 0.3 is 0 Å². The molecule has 98 valence electrons. The molecule has 1 aliphatic rings. The predicted molar refractivity (Wildman–Crippen MR) is 72.2 cm³/mol. The summed E-state index contributed by atoms with van der Waals surface area (Å²) in [6.45, 7) is 2.07. The van der Waals surface area contributed by atoms with Gasteiger partial charge in [0, 0.05) is 18.1 Å². The summed E-state index contributed by atoms with van der Waals surface area (Å²) in [4.78, 5) is 0.237. The molecule has 1 aromatic carbocycles. The molecule has 1 aromatic rings. The highest BCUT2D eigenvalue weighted by Crippen LogP contribution is 2.14. The maximum absolute atomic E-state index is 12.0. The lowest BCUT2D eigenvalue weighted by Gasteiger charge is -2.14. The van der Waals surface area contributed by atoms with E-state index in [1.54, 1.807) is 12.1 Å². The number of benzene rings is 1. The standard InChI is InChI=1S/C12H15ClN2O2S/c13-11-1-3-12(4-2-11)18(16,17)15-9-10-5-7-14-8-6-10/h1-5,14-15H,6-9H2. The molecule has 0 saturated heterocycles. The van der Waals surface area contributed by atoms with Crippen LogP contribution in [0, 0.1) is 0 Å². The molecule has 2 N–H and O–H groups in total. The largest absolute Gasteiger partial charge is 0.313 e. The molecule has 0 fully saturated rings. The quantitative estimate of drug-likeness (QED) is 0.826. The Labute approximate surface area is 112 Å². The minimum Gasteiger partial charge on any atom is -0.313 e. The number of hydrogen-bond acceptors (Lipinski definition) is 3. The zero-order valence-electron chi connectivity index (χ0n) is 9.82. The summed E-state index contributed by atoms with van der Waals surface area (Å²) < 4.78 is 26.6. The van der Waals surface area contributed by atoms with Gasteiger partial charge in [-0.3, -0.25) is 0 Å². The Morgan fingerprint density at radius 3 is 2.61 bits per heavy atom. The molecular formula is C12H15ClN2O2S. The van der Waals surface area contributed by atoms with Gasteiger partial charge in [-0.25, -0.2) is 13.1 Å². The first-order valence-corrected chi connectivity index (χ1v) is 7.58. The van der Waals surface area contributed by atoms with Gasteiger partial charge < -0.3 is 5.32 Å². The van der Waals surface area contributed by atoms with E-state index < -0.39 is 10.0 Å². The third-order valence-electron chi connectivity index (χ3n) is 2.77. The molecule has 1 aliphatic heterocycles. The van der Waals surface area contributed by atoms with E-state index in [-0.39, 0.29) is 4.90 Å². The van der Waals surface area contributed by atoms with Crippen LogP contribution < -0.4 is 10.0 Å². The van der Waals surface area contributed by atoms with Crippen molar-refractivity contribution in [2.75, 3.05) is 19.6 Å². The fourth-order valence-electron chi connectivity index (χ4n) is 1.71. The molecule has 0 atom stereocenters. The molecular weight excluding hydrogens is 272 g/mol.